The van der Waals surface area contributed by atoms with Crippen LogP contribution in [-0.2, 0) is 0 Å². The minimum Gasteiger partial charge on any atom is -0.497 e. The van der Waals surface area contributed by atoms with Crippen LogP contribution >= 0.6 is 0 Å². The van der Waals surface area contributed by atoms with E-state index < -0.39 is 6.10 Å². The molecule has 4 aromatic rings. The van der Waals surface area contributed by atoms with Crippen molar-refractivity contribution in [2.24, 2.45) is 0 Å². The Balaban J connectivity index is 1.33. The number of benzene rings is 4. The molecule has 0 spiro atoms. The number of ketones is 2. The molecule has 0 aromatic heterocycles. The third kappa shape index (κ3) is 8.43. The maximum atomic E-state index is 12.9. The fourth-order valence-electron chi connectivity index (χ4n) is 3.97. The number of carbonyl (C=O) groups excluding carboxylic acids is 2. The van der Waals surface area contributed by atoms with Gasteiger partial charge in [-0.2, -0.15) is 0 Å². The molecule has 0 heterocycles. The molecule has 0 aliphatic carbocycles. The van der Waals surface area contributed by atoms with E-state index in [4.69, 9.17) is 18.9 Å². The molecule has 0 bridgehead atoms. The summed E-state index contributed by atoms with van der Waals surface area (Å²) in [5.41, 5.74) is 2.44. The number of rotatable bonds is 14. The van der Waals surface area contributed by atoms with Gasteiger partial charge in [0.25, 0.3) is 0 Å². The summed E-state index contributed by atoms with van der Waals surface area (Å²) in [7, 11) is 3.19. The van der Waals surface area contributed by atoms with E-state index in [9.17, 15) is 14.7 Å². The number of aliphatic hydroxyl groups excluding tert-OH is 1. The molecule has 0 atom stereocenters. The maximum absolute atomic E-state index is 12.9. The summed E-state index contributed by atoms with van der Waals surface area (Å²) in [6.07, 6.45) is 5.36. The molecule has 0 unspecified atom stereocenters. The average Bonchev–Trinajstić information content (AvgIpc) is 3.04. The monoisotopic (exact) mass is 564 g/mol. The highest BCUT2D eigenvalue weighted by Gasteiger charge is 2.15. The topological polar surface area (TPSA) is 91.3 Å². The summed E-state index contributed by atoms with van der Waals surface area (Å²) in [4.78, 5) is 25.7. The zero-order chi connectivity index (χ0) is 29.7. The van der Waals surface area contributed by atoms with Crippen molar-refractivity contribution in [3.05, 3.63) is 131 Å². The van der Waals surface area contributed by atoms with Crippen LogP contribution in [0.5, 0.6) is 23.0 Å². The smallest absolute Gasteiger partial charge is 0.189 e. The molecule has 0 saturated carbocycles. The van der Waals surface area contributed by atoms with Crippen LogP contribution in [0.2, 0.25) is 0 Å². The van der Waals surface area contributed by atoms with Gasteiger partial charge in [-0.15, -0.1) is 0 Å². The quantitative estimate of drug-likeness (QED) is 0.142. The lowest BCUT2D eigenvalue weighted by Gasteiger charge is -2.16. The first-order chi connectivity index (χ1) is 20.5. The Morgan fingerprint density at radius 1 is 0.619 bits per heavy atom. The number of hydrogen-bond donors (Lipinski definition) is 1. The average molecular weight is 565 g/mol. The lowest BCUT2D eigenvalue weighted by Crippen LogP contribution is -2.25. The Labute approximate surface area is 245 Å². The van der Waals surface area contributed by atoms with Gasteiger partial charge in [0, 0.05) is 0 Å². The van der Waals surface area contributed by atoms with Gasteiger partial charge in [0.2, 0.25) is 0 Å². The molecular weight excluding hydrogens is 532 g/mol. The fourth-order valence-corrected chi connectivity index (χ4v) is 3.97. The molecule has 0 radical (unpaired) electrons. The van der Waals surface area contributed by atoms with Gasteiger partial charge in [-0.1, -0.05) is 60.7 Å². The van der Waals surface area contributed by atoms with E-state index in [-0.39, 0.29) is 24.8 Å². The zero-order valence-electron chi connectivity index (χ0n) is 23.4. The van der Waals surface area contributed by atoms with Crippen LogP contribution in [0.3, 0.4) is 0 Å². The van der Waals surface area contributed by atoms with Crippen molar-refractivity contribution in [2.45, 2.75) is 6.10 Å². The van der Waals surface area contributed by atoms with E-state index in [1.807, 2.05) is 48.5 Å². The van der Waals surface area contributed by atoms with Gasteiger partial charge in [0.15, 0.2) is 11.6 Å². The predicted molar refractivity (Wildman–Crippen MR) is 163 cm³/mol. The molecule has 1 N–H and O–H groups in total. The largest absolute Gasteiger partial charge is 0.497 e. The van der Waals surface area contributed by atoms with Crippen LogP contribution < -0.4 is 18.9 Å². The summed E-state index contributed by atoms with van der Waals surface area (Å²) < 4.78 is 21.9. The molecule has 0 saturated heterocycles. The van der Waals surface area contributed by atoms with Gasteiger partial charge in [-0.25, -0.2) is 0 Å². The van der Waals surface area contributed by atoms with E-state index in [0.29, 0.717) is 22.6 Å². The zero-order valence-corrected chi connectivity index (χ0v) is 23.4. The summed E-state index contributed by atoms with van der Waals surface area (Å²) in [6, 6.07) is 28.4. The lowest BCUT2D eigenvalue weighted by molar-refractivity contribution is 0.0616. The SMILES string of the molecule is COc1ccc(/C=C/C(=O)c2ccccc2OCC(O)COc2ccccc2C(=O)/C=C/c2ccc(OC)cc2)cc1. The number of para-hydroxylation sites is 2. The first-order valence-corrected chi connectivity index (χ1v) is 13.3. The van der Waals surface area contributed by atoms with Crippen molar-refractivity contribution in [3.63, 3.8) is 0 Å². The highest BCUT2D eigenvalue weighted by Crippen LogP contribution is 2.22. The second kappa shape index (κ2) is 15.0. The second-order valence-electron chi connectivity index (χ2n) is 9.21. The Kier molecular flexibility index (Phi) is 10.7. The summed E-state index contributed by atoms with van der Waals surface area (Å²) in [5, 5.41) is 10.6. The molecule has 42 heavy (non-hydrogen) atoms. The van der Waals surface area contributed by atoms with Crippen LogP contribution in [0, 0.1) is 0 Å². The predicted octanol–water partition coefficient (Wildman–Crippen LogP) is 6.31. The molecular formula is C35H32O7. The third-order valence-electron chi connectivity index (χ3n) is 6.25. The van der Waals surface area contributed by atoms with Crippen LogP contribution in [0.25, 0.3) is 12.2 Å². The Morgan fingerprint density at radius 2 is 1.00 bits per heavy atom. The summed E-state index contributed by atoms with van der Waals surface area (Å²) >= 11 is 0. The fraction of sp³-hybridized carbons (Fsp3) is 0.143. The second-order valence-corrected chi connectivity index (χ2v) is 9.21. The van der Waals surface area contributed by atoms with Crippen molar-refractivity contribution in [1.82, 2.24) is 0 Å². The molecule has 0 amide bonds. The van der Waals surface area contributed by atoms with E-state index in [2.05, 4.69) is 0 Å². The molecule has 214 valence electrons. The van der Waals surface area contributed by atoms with Gasteiger partial charge >= 0.3 is 0 Å². The third-order valence-corrected chi connectivity index (χ3v) is 6.25. The molecule has 7 nitrogen and oxygen atoms in total. The summed E-state index contributed by atoms with van der Waals surface area (Å²) in [5.74, 6) is 1.69. The van der Waals surface area contributed by atoms with Crippen molar-refractivity contribution < 1.29 is 33.6 Å². The molecule has 0 aliphatic heterocycles. The van der Waals surface area contributed by atoms with Gasteiger partial charge in [-0.05, 0) is 71.8 Å². The van der Waals surface area contributed by atoms with Gasteiger partial charge in [-0.3, -0.25) is 9.59 Å². The highest BCUT2D eigenvalue weighted by molar-refractivity contribution is 6.09. The van der Waals surface area contributed by atoms with Crippen LogP contribution in [-0.4, -0.2) is 50.2 Å². The Morgan fingerprint density at radius 3 is 1.38 bits per heavy atom. The number of carbonyl (C=O) groups is 2. The van der Waals surface area contributed by atoms with Crippen LogP contribution in [0.4, 0.5) is 0 Å². The van der Waals surface area contributed by atoms with Crippen molar-refractivity contribution >= 4 is 23.7 Å². The van der Waals surface area contributed by atoms with E-state index in [1.165, 1.54) is 12.2 Å². The molecule has 4 aromatic carbocycles. The number of hydrogen-bond acceptors (Lipinski definition) is 7. The summed E-state index contributed by atoms with van der Waals surface area (Å²) in [6.45, 7) is -0.222. The number of methoxy groups -OCH3 is 2. The van der Waals surface area contributed by atoms with Crippen LogP contribution in [0.1, 0.15) is 31.8 Å². The molecule has 7 heteroatoms. The van der Waals surface area contributed by atoms with Gasteiger partial charge < -0.3 is 24.1 Å². The van der Waals surface area contributed by atoms with Crippen molar-refractivity contribution in [1.29, 1.82) is 0 Å². The van der Waals surface area contributed by atoms with Gasteiger partial charge in [0.1, 0.15) is 42.3 Å². The van der Waals surface area contributed by atoms with Gasteiger partial charge in [0.05, 0.1) is 25.3 Å². The molecule has 4 rings (SSSR count). The highest BCUT2D eigenvalue weighted by atomic mass is 16.5. The standard InChI is InChI=1S/C35H32O7/c1-39-28-17-11-25(12-18-28)15-21-32(37)30-7-3-5-9-34(30)41-23-27(36)24-42-35-10-6-4-8-31(35)33(38)22-16-26-13-19-29(40-2)20-14-26/h3-22,27,36H,23-24H2,1-2H3/b21-15+,22-16+. The maximum Gasteiger partial charge on any atom is 0.189 e. The van der Waals surface area contributed by atoms with Crippen molar-refractivity contribution in [3.8, 4) is 23.0 Å². The Bertz CT molecular complexity index is 1420. The number of allylic oxidation sites excluding steroid dienone is 2. The van der Waals surface area contributed by atoms with E-state index in [0.717, 1.165) is 22.6 Å². The minimum absolute atomic E-state index is 0.111. The van der Waals surface area contributed by atoms with Crippen molar-refractivity contribution in [2.75, 3.05) is 27.4 Å². The molecule has 0 fully saturated rings. The first kappa shape index (κ1) is 29.8. The van der Waals surface area contributed by atoms with E-state index >= 15 is 0 Å². The van der Waals surface area contributed by atoms with E-state index in [1.54, 1.807) is 74.9 Å². The number of aliphatic hydroxyl groups is 1. The minimum atomic E-state index is -1.01. The first-order valence-electron chi connectivity index (χ1n) is 13.3. The lowest BCUT2D eigenvalue weighted by atomic mass is 10.1. The van der Waals surface area contributed by atoms with Crippen LogP contribution in [0.15, 0.2) is 109 Å². The number of ether oxygens (including phenoxy) is 4. The normalized spacial score (nSPS) is 11.1. The molecule has 0 aliphatic rings. The Hall–Kier alpha value is -5.14.